The van der Waals surface area contributed by atoms with Crippen molar-refractivity contribution < 1.29 is 9.53 Å². The Morgan fingerprint density at radius 3 is 2.67 bits per heavy atom. The van der Waals surface area contributed by atoms with Crippen molar-refractivity contribution in [1.82, 2.24) is 5.32 Å². The molecule has 1 atom stereocenters. The van der Waals surface area contributed by atoms with Crippen molar-refractivity contribution in [1.29, 1.82) is 0 Å². The normalized spacial score (nSPS) is 17.8. The van der Waals surface area contributed by atoms with E-state index in [2.05, 4.69) is 5.32 Å². The van der Waals surface area contributed by atoms with Crippen LogP contribution in [0.3, 0.4) is 0 Å². The SMILES string of the molecule is CC.O=C(C[C@H]1CCNC1)OCc1ccccc1. The number of ether oxygens (including phenoxy) is 1. The number of hydrogen-bond acceptors (Lipinski definition) is 3. The lowest BCUT2D eigenvalue weighted by Gasteiger charge is -2.08. The number of esters is 1. The fraction of sp³-hybridized carbons (Fsp3) is 0.533. The third kappa shape index (κ3) is 5.32. The Hall–Kier alpha value is -1.35. The first kappa shape index (κ1) is 14.7. The average Bonchev–Trinajstić information content (AvgIpc) is 2.93. The topological polar surface area (TPSA) is 38.3 Å². The molecule has 0 saturated carbocycles. The lowest BCUT2D eigenvalue weighted by Crippen LogP contribution is -2.14. The highest BCUT2D eigenvalue weighted by atomic mass is 16.5. The first-order valence-electron chi connectivity index (χ1n) is 6.75. The van der Waals surface area contributed by atoms with E-state index in [0.29, 0.717) is 18.9 Å². The molecule has 1 aromatic carbocycles. The zero-order chi connectivity index (χ0) is 13.2. The van der Waals surface area contributed by atoms with E-state index in [1.54, 1.807) is 0 Å². The lowest BCUT2D eigenvalue weighted by molar-refractivity contribution is -0.145. The summed E-state index contributed by atoms with van der Waals surface area (Å²) in [5.41, 5.74) is 1.04. The zero-order valence-corrected chi connectivity index (χ0v) is 11.3. The zero-order valence-electron chi connectivity index (χ0n) is 11.3. The highest BCUT2D eigenvalue weighted by Gasteiger charge is 2.18. The molecule has 1 aliphatic rings. The summed E-state index contributed by atoms with van der Waals surface area (Å²) in [4.78, 5) is 11.5. The quantitative estimate of drug-likeness (QED) is 0.834. The maximum atomic E-state index is 11.5. The van der Waals surface area contributed by atoms with Crippen LogP contribution in [0.25, 0.3) is 0 Å². The largest absolute Gasteiger partial charge is 0.461 e. The summed E-state index contributed by atoms with van der Waals surface area (Å²) in [6.07, 6.45) is 1.63. The molecule has 18 heavy (non-hydrogen) atoms. The highest BCUT2D eigenvalue weighted by Crippen LogP contribution is 2.13. The van der Waals surface area contributed by atoms with Gasteiger partial charge in [-0.1, -0.05) is 44.2 Å². The smallest absolute Gasteiger partial charge is 0.306 e. The Labute approximate surface area is 110 Å². The molecular formula is C15H23NO2. The van der Waals surface area contributed by atoms with Gasteiger partial charge in [0.1, 0.15) is 6.61 Å². The Balaban J connectivity index is 0.000000771. The molecule has 100 valence electrons. The third-order valence-corrected chi connectivity index (χ3v) is 2.86. The standard InChI is InChI=1S/C13H17NO2.C2H6/c15-13(8-12-6-7-14-9-12)16-10-11-4-2-1-3-5-11;1-2/h1-5,12,14H,6-10H2;1-2H3/t12-;/m1./s1. The highest BCUT2D eigenvalue weighted by molar-refractivity contribution is 5.69. The Kier molecular flexibility index (Phi) is 7.11. The van der Waals surface area contributed by atoms with Gasteiger partial charge in [0, 0.05) is 6.42 Å². The molecule has 0 aromatic heterocycles. The van der Waals surface area contributed by atoms with Crippen LogP contribution in [0.2, 0.25) is 0 Å². The second-order valence-electron chi connectivity index (χ2n) is 4.21. The molecule has 0 bridgehead atoms. The first-order valence-corrected chi connectivity index (χ1v) is 6.75. The number of rotatable bonds is 4. The van der Waals surface area contributed by atoms with Crippen molar-refractivity contribution in [2.24, 2.45) is 5.92 Å². The van der Waals surface area contributed by atoms with Gasteiger partial charge in [0.15, 0.2) is 0 Å². The molecule has 1 N–H and O–H groups in total. The van der Waals surface area contributed by atoms with E-state index < -0.39 is 0 Å². The molecule has 0 radical (unpaired) electrons. The first-order chi connectivity index (χ1) is 8.84. The van der Waals surface area contributed by atoms with Crippen LogP contribution in [-0.4, -0.2) is 19.1 Å². The van der Waals surface area contributed by atoms with E-state index in [9.17, 15) is 4.79 Å². The monoisotopic (exact) mass is 249 g/mol. The van der Waals surface area contributed by atoms with Gasteiger partial charge in [-0.05, 0) is 31.0 Å². The second-order valence-corrected chi connectivity index (χ2v) is 4.21. The molecule has 3 nitrogen and oxygen atoms in total. The van der Waals surface area contributed by atoms with Gasteiger partial charge in [0.05, 0.1) is 0 Å². The molecule has 1 aliphatic heterocycles. The van der Waals surface area contributed by atoms with Crippen molar-refractivity contribution >= 4 is 5.97 Å². The second kappa shape index (κ2) is 8.70. The summed E-state index contributed by atoms with van der Waals surface area (Å²) in [5, 5.41) is 3.24. The predicted molar refractivity (Wildman–Crippen MR) is 73.2 cm³/mol. The molecule has 1 saturated heterocycles. The number of benzene rings is 1. The minimum atomic E-state index is -0.0856. The third-order valence-electron chi connectivity index (χ3n) is 2.86. The van der Waals surface area contributed by atoms with Gasteiger partial charge >= 0.3 is 5.97 Å². The number of nitrogens with one attached hydrogen (secondary N) is 1. The van der Waals surface area contributed by atoms with E-state index in [1.165, 1.54) is 0 Å². The van der Waals surface area contributed by atoms with Crippen LogP contribution in [0.4, 0.5) is 0 Å². The van der Waals surface area contributed by atoms with Crippen LogP contribution < -0.4 is 5.32 Å². The van der Waals surface area contributed by atoms with E-state index in [0.717, 1.165) is 25.1 Å². The van der Waals surface area contributed by atoms with E-state index in [-0.39, 0.29) is 5.97 Å². The Morgan fingerprint density at radius 1 is 1.33 bits per heavy atom. The van der Waals surface area contributed by atoms with Crippen molar-refractivity contribution in [3.8, 4) is 0 Å². The Morgan fingerprint density at radius 2 is 2.06 bits per heavy atom. The molecule has 0 unspecified atom stereocenters. The van der Waals surface area contributed by atoms with Gasteiger partial charge in [-0.2, -0.15) is 0 Å². The molecule has 2 rings (SSSR count). The van der Waals surface area contributed by atoms with Gasteiger partial charge in [0.2, 0.25) is 0 Å². The van der Waals surface area contributed by atoms with E-state index in [1.807, 2.05) is 44.2 Å². The average molecular weight is 249 g/mol. The molecular weight excluding hydrogens is 226 g/mol. The van der Waals surface area contributed by atoms with Crippen LogP contribution in [0.5, 0.6) is 0 Å². The van der Waals surface area contributed by atoms with Crippen molar-refractivity contribution in [2.45, 2.75) is 33.3 Å². The number of hydrogen-bond donors (Lipinski definition) is 1. The predicted octanol–water partition coefficient (Wildman–Crippen LogP) is 2.76. The van der Waals surface area contributed by atoms with Gasteiger partial charge in [-0.25, -0.2) is 0 Å². The van der Waals surface area contributed by atoms with Gasteiger partial charge < -0.3 is 10.1 Å². The van der Waals surface area contributed by atoms with Gasteiger partial charge in [-0.3, -0.25) is 4.79 Å². The fourth-order valence-corrected chi connectivity index (χ4v) is 1.92. The van der Waals surface area contributed by atoms with Gasteiger partial charge in [0.25, 0.3) is 0 Å². The maximum absolute atomic E-state index is 11.5. The van der Waals surface area contributed by atoms with Crippen molar-refractivity contribution in [3.63, 3.8) is 0 Å². The Bertz CT molecular complexity index is 332. The number of carbonyl (C=O) groups excluding carboxylic acids is 1. The maximum Gasteiger partial charge on any atom is 0.306 e. The molecule has 0 amide bonds. The minimum absolute atomic E-state index is 0.0856. The van der Waals surface area contributed by atoms with Gasteiger partial charge in [-0.15, -0.1) is 0 Å². The number of carbonyl (C=O) groups is 1. The minimum Gasteiger partial charge on any atom is -0.461 e. The van der Waals surface area contributed by atoms with E-state index >= 15 is 0 Å². The van der Waals surface area contributed by atoms with Crippen LogP contribution in [0, 0.1) is 5.92 Å². The summed E-state index contributed by atoms with van der Waals surface area (Å²) in [7, 11) is 0. The molecule has 0 spiro atoms. The van der Waals surface area contributed by atoms with E-state index in [4.69, 9.17) is 4.74 Å². The van der Waals surface area contributed by atoms with Crippen LogP contribution in [-0.2, 0) is 16.1 Å². The summed E-state index contributed by atoms with van der Waals surface area (Å²) < 4.78 is 5.22. The lowest BCUT2D eigenvalue weighted by atomic mass is 10.1. The summed E-state index contributed by atoms with van der Waals surface area (Å²) in [6, 6.07) is 9.78. The molecule has 3 heteroatoms. The molecule has 1 fully saturated rings. The fourth-order valence-electron chi connectivity index (χ4n) is 1.92. The van der Waals surface area contributed by atoms with Crippen molar-refractivity contribution in [3.05, 3.63) is 35.9 Å². The van der Waals surface area contributed by atoms with Crippen LogP contribution in [0.1, 0.15) is 32.3 Å². The van der Waals surface area contributed by atoms with Crippen LogP contribution in [0.15, 0.2) is 30.3 Å². The molecule has 1 heterocycles. The van der Waals surface area contributed by atoms with Crippen molar-refractivity contribution in [2.75, 3.05) is 13.1 Å². The summed E-state index contributed by atoms with van der Waals surface area (Å²) in [5.74, 6) is 0.376. The summed E-state index contributed by atoms with van der Waals surface area (Å²) >= 11 is 0. The summed E-state index contributed by atoms with van der Waals surface area (Å²) in [6.45, 7) is 6.36. The molecule has 0 aliphatic carbocycles. The van der Waals surface area contributed by atoms with Crippen LogP contribution >= 0.6 is 0 Å². The molecule has 1 aromatic rings.